The van der Waals surface area contributed by atoms with Gasteiger partial charge in [-0.2, -0.15) is 0 Å². The van der Waals surface area contributed by atoms with Crippen LogP contribution in [0.3, 0.4) is 0 Å². The molecule has 0 spiro atoms. The molecule has 59 heavy (non-hydrogen) atoms. The molecule has 0 aliphatic rings. The number of fused-ring (bicyclic) bond motifs is 1. The summed E-state index contributed by atoms with van der Waals surface area (Å²) in [7, 11) is 0. The van der Waals surface area contributed by atoms with Crippen LogP contribution in [0.4, 0.5) is 0 Å². The largest absolute Gasteiger partial charge is 0.507 e. The van der Waals surface area contributed by atoms with E-state index in [0.717, 1.165) is 50.2 Å². The first-order valence-electron chi connectivity index (χ1n) is 20.2. The molecule has 8 rings (SSSR count). The fourth-order valence-corrected chi connectivity index (χ4v) is 7.79. The molecular weight excluding hydrogens is 902 g/mol. The molecule has 2 heterocycles. The molecule has 0 saturated carbocycles. The Morgan fingerprint density at radius 3 is 1.86 bits per heavy atom. The molecule has 0 fully saturated rings. The molecule has 300 valence electrons. The number of para-hydroxylation sites is 2. The van der Waals surface area contributed by atoms with Gasteiger partial charge in [0.15, 0.2) is 0 Å². The van der Waals surface area contributed by atoms with E-state index in [0.29, 0.717) is 11.4 Å². The first-order chi connectivity index (χ1) is 27.6. The van der Waals surface area contributed by atoms with Crippen molar-refractivity contribution < 1.29 is 26.2 Å². The topological polar surface area (TPSA) is 50.9 Å². The summed E-state index contributed by atoms with van der Waals surface area (Å²) in [5, 5.41) is 11.3. The third kappa shape index (κ3) is 8.34. The number of pyridine rings is 1. The summed E-state index contributed by atoms with van der Waals surface area (Å²) in [5.74, 6) is 0.854. The number of phenols is 1. The molecule has 6 aromatic carbocycles. The maximum atomic E-state index is 11.3. The van der Waals surface area contributed by atoms with Crippen LogP contribution >= 0.6 is 0 Å². The van der Waals surface area contributed by atoms with E-state index in [1.807, 2.05) is 24.4 Å². The average molecular weight is 954 g/mol. The minimum atomic E-state index is -0.142. The molecule has 0 unspecified atom stereocenters. The monoisotopic (exact) mass is 953 g/mol. The predicted octanol–water partition coefficient (Wildman–Crippen LogP) is 14.2. The van der Waals surface area contributed by atoms with Gasteiger partial charge in [0, 0.05) is 38.6 Å². The van der Waals surface area contributed by atoms with Gasteiger partial charge in [-0.05, 0) is 86.0 Å². The summed E-state index contributed by atoms with van der Waals surface area (Å²) < 4.78 is 2.20. The average Bonchev–Trinajstić information content (AvgIpc) is 3.60. The first-order valence-corrected chi connectivity index (χ1v) is 20.2. The normalized spacial score (nSPS) is 12.1. The molecule has 0 radical (unpaired) electrons. The number of hydrogen-bond acceptors (Lipinski definition) is 3. The Bertz CT molecular complexity index is 2780. The van der Waals surface area contributed by atoms with E-state index >= 15 is 0 Å². The molecule has 2 aromatic heterocycles. The number of nitrogens with zero attached hydrogens (tertiary/aromatic N) is 3. The van der Waals surface area contributed by atoms with Crippen LogP contribution in [0.15, 0.2) is 146 Å². The molecule has 0 aliphatic carbocycles. The Morgan fingerprint density at radius 1 is 0.525 bits per heavy atom. The van der Waals surface area contributed by atoms with Gasteiger partial charge in [0.1, 0.15) is 11.6 Å². The van der Waals surface area contributed by atoms with E-state index in [1.165, 1.54) is 27.8 Å². The van der Waals surface area contributed by atoms with Gasteiger partial charge < -0.3 is 5.11 Å². The van der Waals surface area contributed by atoms with Crippen molar-refractivity contribution in [2.75, 3.05) is 0 Å². The van der Waals surface area contributed by atoms with Crippen LogP contribution in [0.5, 0.6) is 5.75 Å². The second-order valence-corrected chi connectivity index (χ2v) is 18.5. The maximum absolute atomic E-state index is 11.3. The third-order valence-electron chi connectivity index (χ3n) is 11.1. The van der Waals surface area contributed by atoms with E-state index < -0.39 is 0 Å². The summed E-state index contributed by atoms with van der Waals surface area (Å²) in [5.41, 5.74) is 15.3. The van der Waals surface area contributed by atoms with Gasteiger partial charge in [0.05, 0.1) is 16.6 Å². The van der Waals surface area contributed by atoms with Crippen molar-refractivity contribution in [3.63, 3.8) is 0 Å². The summed E-state index contributed by atoms with van der Waals surface area (Å²) >= 11 is 0. The fraction of sp³-hybridized carbons (Fsp3) is 0.222. The van der Waals surface area contributed by atoms with Gasteiger partial charge in [-0.1, -0.05) is 164 Å². The van der Waals surface area contributed by atoms with Gasteiger partial charge >= 0.3 is 0 Å². The van der Waals surface area contributed by atoms with Crippen molar-refractivity contribution in [3.05, 3.63) is 168 Å². The zero-order chi connectivity index (χ0) is 41.0. The van der Waals surface area contributed by atoms with E-state index in [9.17, 15) is 5.11 Å². The van der Waals surface area contributed by atoms with Crippen LogP contribution < -0.4 is 0 Å². The minimum absolute atomic E-state index is 0. The number of aromatic nitrogens is 3. The Morgan fingerprint density at radius 2 is 1.19 bits per heavy atom. The van der Waals surface area contributed by atoms with E-state index in [-0.39, 0.29) is 43.1 Å². The quantitative estimate of drug-likeness (QED) is 0.169. The Hall–Kier alpha value is -5.57. The summed E-state index contributed by atoms with van der Waals surface area (Å²) in [6.07, 6.45) is 1.90. The Kier molecular flexibility index (Phi) is 11.2. The Labute approximate surface area is 364 Å². The van der Waals surface area contributed by atoms with Crippen LogP contribution in [0.2, 0.25) is 0 Å². The van der Waals surface area contributed by atoms with Gasteiger partial charge in [-0.25, -0.2) is 4.98 Å². The van der Waals surface area contributed by atoms with Crippen LogP contribution in [0.1, 0.15) is 79.0 Å². The predicted molar refractivity (Wildman–Crippen MR) is 243 cm³/mol. The van der Waals surface area contributed by atoms with Crippen molar-refractivity contribution in [2.45, 2.75) is 78.6 Å². The summed E-state index contributed by atoms with van der Waals surface area (Å²) in [4.78, 5) is 10.3. The van der Waals surface area contributed by atoms with Crippen LogP contribution in [0.25, 0.3) is 72.7 Å². The first kappa shape index (κ1) is 41.6. The minimum Gasteiger partial charge on any atom is -0.507 e. The maximum Gasteiger partial charge on any atom is 0.148 e. The smallest absolute Gasteiger partial charge is 0.148 e. The zero-order valence-electron chi connectivity index (χ0n) is 35.5. The standard InChI is InChI=1S/C54H52N3O.Pt/c1-52(2,3)40-24-22-35(23-25-40)37-28-29-55-47(33-37)39-30-38(31-41(32-39)53(4,5)6)44-19-15-20-48-50(44)56-51(45-18-13-14-21-49(45)58)57(48)42-26-27-43(36-16-11-10-12-17-36)46(34-42)54(7,8)9;/h10-29,31-34,58H,1-9H3;/q-1;. The number of rotatable bonds is 6. The van der Waals surface area contributed by atoms with Gasteiger partial charge in [0.2, 0.25) is 0 Å². The fourth-order valence-electron chi connectivity index (χ4n) is 7.79. The van der Waals surface area contributed by atoms with Crippen molar-refractivity contribution in [1.29, 1.82) is 0 Å². The number of imidazole rings is 1. The van der Waals surface area contributed by atoms with E-state index in [1.54, 1.807) is 6.07 Å². The van der Waals surface area contributed by atoms with Crippen LogP contribution in [-0.4, -0.2) is 19.6 Å². The number of aromatic hydroxyl groups is 1. The second-order valence-electron chi connectivity index (χ2n) is 18.5. The van der Waals surface area contributed by atoms with Crippen LogP contribution in [-0.2, 0) is 37.3 Å². The van der Waals surface area contributed by atoms with Gasteiger partial charge in [-0.15, -0.1) is 29.3 Å². The molecule has 0 bridgehead atoms. The van der Waals surface area contributed by atoms with Crippen molar-refractivity contribution >= 4 is 11.0 Å². The van der Waals surface area contributed by atoms with Crippen molar-refractivity contribution in [1.82, 2.24) is 14.5 Å². The van der Waals surface area contributed by atoms with Gasteiger partial charge in [0.25, 0.3) is 0 Å². The molecule has 0 saturated heterocycles. The number of phenolic OH excluding ortho intramolecular Hbond substituents is 1. The Balaban J connectivity index is 0.00000528. The summed E-state index contributed by atoms with van der Waals surface area (Å²) in [6.45, 7) is 20.2. The molecule has 8 aromatic rings. The number of benzene rings is 6. The SMILES string of the molecule is CC(C)(C)c1ccc(-c2ccnc(-c3[c-]c(-c4cccc5c4nc(-c4ccccc4O)n5-c4ccc(-c5ccccc5)c(C(C)(C)C)c4)cc(C(C)(C)C)c3)c2)cc1.[Pt]. The van der Waals surface area contributed by atoms with E-state index in [2.05, 4.69) is 188 Å². The number of hydrogen-bond donors (Lipinski definition) is 1. The van der Waals surface area contributed by atoms with Crippen LogP contribution in [0, 0.1) is 6.07 Å². The second kappa shape index (κ2) is 15.9. The molecule has 0 atom stereocenters. The molecular formula is C54H52N3OPt-. The third-order valence-corrected chi connectivity index (χ3v) is 11.1. The van der Waals surface area contributed by atoms with Crippen molar-refractivity contribution in [3.8, 4) is 67.5 Å². The summed E-state index contributed by atoms with van der Waals surface area (Å²) in [6, 6.07) is 52.5. The molecule has 5 heteroatoms. The van der Waals surface area contributed by atoms with E-state index in [4.69, 9.17) is 9.97 Å². The molecule has 4 nitrogen and oxygen atoms in total. The molecule has 0 aliphatic heterocycles. The zero-order valence-corrected chi connectivity index (χ0v) is 37.7. The van der Waals surface area contributed by atoms with Crippen molar-refractivity contribution in [2.24, 2.45) is 0 Å². The van der Waals surface area contributed by atoms with Gasteiger partial charge in [-0.3, -0.25) is 9.55 Å². The molecule has 1 N–H and O–H groups in total. The molecule has 0 amide bonds.